The van der Waals surface area contributed by atoms with Gasteiger partial charge in [0.15, 0.2) is 0 Å². The van der Waals surface area contributed by atoms with Gasteiger partial charge in [0.05, 0.1) is 22.2 Å². The molecule has 118 valence electrons. The molecule has 1 aromatic heterocycles. The van der Waals surface area contributed by atoms with Gasteiger partial charge in [-0.3, -0.25) is 14.8 Å². The number of rotatable bonds is 3. The van der Waals surface area contributed by atoms with Crippen molar-refractivity contribution in [3.05, 3.63) is 58.3 Å². The van der Waals surface area contributed by atoms with Crippen LogP contribution in [-0.4, -0.2) is 23.3 Å². The molecule has 2 heterocycles. The van der Waals surface area contributed by atoms with E-state index in [1.54, 1.807) is 29.5 Å². The fourth-order valence-corrected chi connectivity index (χ4v) is 2.56. The number of hydrazone groups is 1. The first kappa shape index (κ1) is 15.8. The Bertz CT molecular complexity index is 749. The highest BCUT2D eigenvalue weighted by atomic mass is 35.5. The summed E-state index contributed by atoms with van der Waals surface area (Å²) < 4.78 is 0. The first-order chi connectivity index (χ1) is 11.1. The second kappa shape index (κ2) is 6.98. The predicted octanol–water partition coefficient (Wildman–Crippen LogP) is 3.27. The van der Waals surface area contributed by atoms with Gasteiger partial charge in [-0.1, -0.05) is 29.3 Å². The number of nitrogens with zero attached hydrogens (tertiary/aromatic N) is 3. The van der Waals surface area contributed by atoms with E-state index in [1.165, 1.54) is 0 Å². The fraction of sp³-hybridized carbons (Fsp3) is 0.188. The van der Waals surface area contributed by atoms with Crippen LogP contribution in [0.4, 0.5) is 5.69 Å². The smallest absolute Gasteiger partial charge is 0.229 e. The number of hydrogen-bond acceptors (Lipinski definition) is 4. The molecule has 1 N–H and O–H groups in total. The van der Waals surface area contributed by atoms with Crippen LogP contribution in [0.5, 0.6) is 0 Å². The number of nitrogens with one attached hydrogen (secondary N) is 1. The van der Waals surface area contributed by atoms with Crippen molar-refractivity contribution >= 4 is 40.6 Å². The van der Waals surface area contributed by atoms with Gasteiger partial charge in [-0.15, -0.1) is 0 Å². The summed E-state index contributed by atoms with van der Waals surface area (Å²) in [5.41, 5.74) is 1.71. The van der Waals surface area contributed by atoms with E-state index in [0.29, 0.717) is 28.8 Å². The molecule has 0 bridgehead atoms. The number of hydrogen-bond donors (Lipinski definition) is 1. The second-order valence-corrected chi connectivity index (χ2v) is 5.92. The van der Waals surface area contributed by atoms with Crippen LogP contribution < -0.4 is 10.3 Å². The molecule has 0 atom stereocenters. The summed E-state index contributed by atoms with van der Waals surface area (Å²) in [5, 5.41) is 10.0. The van der Waals surface area contributed by atoms with E-state index in [4.69, 9.17) is 23.2 Å². The minimum Gasteiger partial charge on any atom is -0.312 e. The van der Waals surface area contributed by atoms with Gasteiger partial charge in [0.2, 0.25) is 5.91 Å². The van der Waals surface area contributed by atoms with Crippen LogP contribution in [0.1, 0.15) is 12.0 Å². The van der Waals surface area contributed by atoms with E-state index in [9.17, 15) is 4.79 Å². The van der Waals surface area contributed by atoms with Crippen LogP contribution in [0, 0.1) is 0 Å². The van der Waals surface area contributed by atoms with Crippen molar-refractivity contribution in [1.82, 2.24) is 10.3 Å². The molecule has 0 unspecified atom stereocenters. The van der Waals surface area contributed by atoms with Gasteiger partial charge in [0.25, 0.3) is 0 Å². The van der Waals surface area contributed by atoms with Gasteiger partial charge in [-0.2, -0.15) is 5.10 Å². The number of pyridine rings is 1. The lowest BCUT2D eigenvalue weighted by Crippen LogP contribution is -2.30. The molecule has 0 saturated carbocycles. The number of halogens is 2. The Morgan fingerprint density at radius 2 is 2.13 bits per heavy atom. The molecule has 1 aliphatic rings. The Balaban J connectivity index is 1.63. The number of carbonyl (C=O) groups excluding carboxylic acids is 1. The molecule has 0 radical (unpaired) electrons. The third kappa shape index (κ3) is 4.00. The summed E-state index contributed by atoms with van der Waals surface area (Å²) >= 11 is 11.9. The topological polar surface area (TPSA) is 57.6 Å². The van der Waals surface area contributed by atoms with Gasteiger partial charge in [0.1, 0.15) is 5.84 Å². The number of amides is 1. The Hall–Kier alpha value is -2.11. The Morgan fingerprint density at radius 1 is 1.26 bits per heavy atom. The first-order valence-corrected chi connectivity index (χ1v) is 7.86. The summed E-state index contributed by atoms with van der Waals surface area (Å²) in [6, 6.07) is 9.01. The lowest BCUT2D eigenvalue weighted by molar-refractivity contribution is -0.119. The zero-order valence-corrected chi connectivity index (χ0v) is 13.7. The molecule has 7 heteroatoms. The van der Waals surface area contributed by atoms with Crippen molar-refractivity contribution in [2.45, 2.75) is 12.8 Å². The van der Waals surface area contributed by atoms with Crippen molar-refractivity contribution in [2.24, 2.45) is 5.10 Å². The predicted molar refractivity (Wildman–Crippen MR) is 91.9 cm³/mol. The second-order valence-electron chi connectivity index (χ2n) is 5.10. The fourth-order valence-electron chi connectivity index (χ4n) is 2.27. The third-order valence-electron chi connectivity index (χ3n) is 3.37. The zero-order chi connectivity index (χ0) is 16.2. The Morgan fingerprint density at radius 3 is 2.87 bits per heavy atom. The molecule has 0 aliphatic carbocycles. The lowest BCUT2D eigenvalue weighted by Gasteiger charge is -2.13. The summed E-state index contributed by atoms with van der Waals surface area (Å²) in [6.07, 6.45) is 4.30. The van der Waals surface area contributed by atoms with Gasteiger partial charge in [-0.25, -0.2) is 0 Å². The van der Waals surface area contributed by atoms with Crippen molar-refractivity contribution < 1.29 is 4.79 Å². The maximum absolute atomic E-state index is 12.0. The molecule has 0 saturated heterocycles. The van der Waals surface area contributed by atoms with E-state index >= 15 is 0 Å². The van der Waals surface area contributed by atoms with Crippen LogP contribution in [0.3, 0.4) is 0 Å². The first-order valence-electron chi connectivity index (χ1n) is 7.10. The van der Waals surface area contributed by atoms with Crippen molar-refractivity contribution in [2.75, 3.05) is 11.6 Å². The zero-order valence-electron chi connectivity index (χ0n) is 12.2. The molecule has 23 heavy (non-hydrogen) atoms. The monoisotopic (exact) mass is 348 g/mol. The highest BCUT2D eigenvalue weighted by Gasteiger charge is 2.18. The van der Waals surface area contributed by atoms with E-state index < -0.39 is 0 Å². The summed E-state index contributed by atoms with van der Waals surface area (Å²) in [7, 11) is 0. The summed E-state index contributed by atoms with van der Waals surface area (Å²) in [5.74, 6) is 0.540. The minimum atomic E-state index is -0.104. The molecular weight excluding hydrogens is 335 g/mol. The number of anilines is 1. The van der Waals surface area contributed by atoms with Crippen molar-refractivity contribution in [3.63, 3.8) is 0 Å². The number of aromatic nitrogens is 1. The quantitative estimate of drug-likeness (QED) is 0.925. The molecule has 1 amide bonds. The molecule has 2 aromatic rings. The highest BCUT2D eigenvalue weighted by Crippen LogP contribution is 2.28. The molecule has 0 fully saturated rings. The molecule has 0 spiro atoms. The molecule has 1 aliphatic heterocycles. The summed E-state index contributed by atoms with van der Waals surface area (Å²) in [6.45, 7) is 0.681. The van der Waals surface area contributed by atoms with E-state index in [2.05, 4.69) is 15.4 Å². The standard InChI is InChI=1S/C16H14Cl2N4O/c17-13-4-3-12(9-14(13)18)22-7-5-15(21-22)20-16(23)8-11-2-1-6-19-10-11/h1-4,6,9-10H,5,7-8H2,(H,20,21,23). The number of amidine groups is 1. The number of carbonyl (C=O) groups is 1. The largest absolute Gasteiger partial charge is 0.312 e. The highest BCUT2D eigenvalue weighted by molar-refractivity contribution is 6.42. The van der Waals surface area contributed by atoms with E-state index in [0.717, 1.165) is 11.3 Å². The van der Waals surface area contributed by atoms with Crippen molar-refractivity contribution in [1.29, 1.82) is 0 Å². The molecule has 5 nitrogen and oxygen atoms in total. The van der Waals surface area contributed by atoms with Crippen LogP contribution in [0.2, 0.25) is 10.0 Å². The average Bonchev–Trinajstić information content (AvgIpc) is 2.99. The molecular formula is C16H14Cl2N4O. The van der Waals surface area contributed by atoms with Crippen LogP contribution in [-0.2, 0) is 11.2 Å². The molecule has 1 aromatic carbocycles. The van der Waals surface area contributed by atoms with Crippen LogP contribution in [0.25, 0.3) is 0 Å². The van der Waals surface area contributed by atoms with Gasteiger partial charge in [-0.05, 0) is 29.8 Å². The summed E-state index contributed by atoms with van der Waals surface area (Å²) in [4.78, 5) is 16.0. The average molecular weight is 349 g/mol. The van der Waals surface area contributed by atoms with Gasteiger partial charge < -0.3 is 5.32 Å². The van der Waals surface area contributed by atoms with Gasteiger partial charge >= 0.3 is 0 Å². The SMILES string of the molecule is O=C(Cc1cccnc1)NC1=NN(c2ccc(Cl)c(Cl)c2)CC1. The van der Waals surface area contributed by atoms with E-state index in [1.807, 2.05) is 18.2 Å². The van der Waals surface area contributed by atoms with Gasteiger partial charge in [0, 0.05) is 25.4 Å². The maximum atomic E-state index is 12.0. The van der Waals surface area contributed by atoms with E-state index in [-0.39, 0.29) is 12.3 Å². The number of benzene rings is 1. The van der Waals surface area contributed by atoms with Crippen LogP contribution in [0.15, 0.2) is 47.8 Å². The van der Waals surface area contributed by atoms with Crippen LogP contribution >= 0.6 is 23.2 Å². The maximum Gasteiger partial charge on any atom is 0.229 e. The Kier molecular flexibility index (Phi) is 4.79. The normalized spacial score (nSPS) is 13.8. The Labute approximate surface area is 143 Å². The molecule has 3 rings (SSSR count). The third-order valence-corrected chi connectivity index (χ3v) is 4.11. The lowest BCUT2D eigenvalue weighted by atomic mass is 10.2. The minimum absolute atomic E-state index is 0.104. The van der Waals surface area contributed by atoms with Crippen molar-refractivity contribution in [3.8, 4) is 0 Å².